The molecule has 0 saturated carbocycles. The van der Waals surface area contributed by atoms with Crippen LogP contribution in [0.25, 0.3) is 0 Å². The van der Waals surface area contributed by atoms with Gasteiger partial charge in [0.15, 0.2) is 0 Å². The Morgan fingerprint density at radius 3 is 2.67 bits per heavy atom. The van der Waals surface area contributed by atoms with Crippen molar-refractivity contribution < 1.29 is 0 Å². The maximum atomic E-state index is 5.37. The van der Waals surface area contributed by atoms with Crippen LogP contribution in [0.5, 0.6) is 0 Å². The summed E-state index contributed by atoms with van der Waals surface area (Å²) in [5.74, 6) is 2.73. The molecule has 0 saturated heterocycles. The number of hydrogen-bond acceptors (Lipinski definition) is 2. The lowest BCUT2D eigenvalue weighted by Crippen LogP contribution is -2.32. The van der Waals surface area contributed by atoms with Gasteiger partial charge >= 0.3 is 0 Å². The Labute approximate surface area is 111 Å². The van der Waals surface area contributed by atoms with E-state index in [1.54, 1.807) is 0 Å². The van der Waals surface area contributed by atoms with Gasteiger partial charge in [0.05, 0.1) is 5.69 Å². The quantitative estimate of drug-likeness (QED) is 0.750. The molecule has 0 radical (unpaired) electrons. The van der Waals surface area contributed by atoms with Crippen molar-refractivity contribution in [1.29, 1.82) is 0 Å². The van der Waals surface area contributed by atoms with Crippen molar-refractivity contribution in [2.24, 2.45) is 7.05 Å². The molecule has 0 bridgehead atoms. The number of nitrogens with one attached hydrogen (secondary N) is 1. The first-order valence-electron chi connectivity index (χ1n) is 6.76. The lowest BCUT2D eigenvalue weighted by molar-refractivity contribution is 0.481. The molecule has 1 atom stereocenters. The molecule has 0 aliphatic heterocycles. The van der Waals surface area contributed by atoms with Crippen LogP contribution in [-0.2, 0) is 13.5 Å². The van der Waals surface area contributed by atoms with Gasteiger partial charge in [0.2, 0.25) is 0 Å². The number of aryl methyl sites for hydroxylation is 2. The number of rotatable bonds is 7. The van der Waals surface area contributed by atoms with E-state index in [0.29, 0.717) is 6.04 Å². The van der Waals surface area contributed by atoms with E-state index in [4.69, 9.17) is 6.42 Å². The Morgan fingerprint density at radius 1 is 1.44 bits per heavy atom. The minimum atomic E-state index is 0.461. The topological polar surface area (TPSA) is 29.9 Å². The lowest BCUT2D eigenvalue weighted by atomic mass is 10.0. The van der Waals surface area contributed by atoms with E-state index in [-0.39, 0.29) is 0 Å². The summed E-state index contributed by atoms with van der Waals surface area (Å²) in [6, 6.07) is 0.461. The summed E-state index contributed by atoms with van der Waals surface area (Å²) in [5.41, 5.74) is 3.76. The molecular formula is C15H25N3. The van der Waals surface area contributed by atoms with E-state index in [1.165, 1.54) is 11.3 Å². The number of terminal acetylenes is 1. The molecule has 3 heteroatoms. The van der Waals surface area contributed by atoms with Gasteiger partial charge in [-0.05, 0) is 45.2 Å². The van der Waals surface area contributed by atoms with Crippen LogP contribution in [0.2, 0.25) is 0 Å². The molecule has 1 heterocycles. The highest BCUT2D eigenvalue weighted by molar-refractivity contribution is 5.25. The van der Waals surface area contributed by atoms with Crippen LogP contribution in [0, 0.1) is 26.2 Å². The Balaban J connectivity index is 2.72. The van der Waals surface area contributed by atoms with Crippen LogP contribution >= 0.6 is 0 Å². The smallest absolute Gasteiger partial charge is 0.0628 e. The number of nitrogens with zero attached hydrogens (tertiary/aromatic N) is 2. The minimum absolute atomic E-state index is 0.461. The standard InChI is InChI=1S/C15H25N3/c1-6-8-9-14(16-10-7-2)11-15-12(3)17-18(5)13(15)4/h1,14,16H,7-11H2,2-5H3. The molecule has 0 aromatic carbocycles. The van der Waals surface area contributed by atoms with Gasteiger partial charge < -0.3 is 5.32 Å². The Hall–Kier alpha value is -1.27. The highest BCUT2D eigenvalue weighted by Crippen LogP contribution is 2.16. The Bertz CT molecular complexity index is 412. The largest absolute Gasteiger partial charge is 0.314 e. The van der Waals surface area contributed by atoms with Gasteiger partial charge in [-0.25, -0.2) is 0 Å². The van der Waals surface area contributed by atoms with E-state index in [1.807, 2.05) is 11.7 Å². The Kier molecular flexibility index (Phi) is 5.94. The van der Waals surface area contributed by atoms with Crippen molar-refractivity contribution in [3.05, 3.63) is 17.0 Å². The maximum absolute atomic E-state index is 5.37. The third-order valence-electron chi connectivity index (χ3n) is 3.43. The van der Waals surface area contributed by atoms with Crippen LogP contribution < -0.4 is 5.32 Å². The van der Waals surface area contributed by atoms with Crippen LogP contribution in [0.15, 0.2) is 0 Å². The fourth-order valence-electron chi connectivity index (χ4n) is 2.24. The maximum Gasteiger partial charge on any atom is 0.0628 e. The zero-order valence-corrected chi connectivity index (χ0v) is 12.1. The van der Waals surface area contributed by atoms with Gasteiger partial charge in [-0.15, -0.1) is 12.3 Å². The molecular weight excluding hydrogens is 222 g/mol. The van der Waals surface area contributed by atoms with Crippen LogP contribution in [-0.4, -0.2) is 22.4 Å². The van der Waals surface area contributed by atoms with Gasteiger partial charge in [0.25, 0.3) is 0 Å². The molecule has 0 spiro atoms. The second-order valence-electron chi connectivity index (χ2n) is 4.87. The molecule has 1 rings (SSSR count). The van der Waals surface area contributed by atoms with Crippen LogP contribution in [0.4, 0.5) is 0 Å². The molecule has 1 unspecified atom stereocenters. The predicted octanol–water partition coefficient (Wildman–Crippen LogP) is 2.36. The summed E-state index contributed by atoms with van der Waals surface area (Å²) in [4.78, 5) is 0. The molecule has 1 aromatic heterocycles. The third kappa shape index (κ3) is 3.89. The Morgan fingerprint density at radius 2 is 2.17 bits per heavy atom. The van der Waals surface area contributed by atoms with E-state index in [2.05, 4.69) is 37.1 Å². The SMILES string of the molecule is C#CCCC(Cc1c(C)nn(C)c1C)NCCC. The molecule has 0 fully saturated rings. The van der Waals surface area contributed by atoms with Crippen molar-refractivity contribution in [1.82, 2.24) is 15.1 Å². The van der Waals surface area contributed by atoms with Crippen LogP contribution in [0.1, 0.15) is 43.1 Å². The summed E-state index contributed by atoms with van der Waals surface area (Å²) in [5, 5.41) is 8.06. The van der Waals surface area contributed by atoms with Crippen molar-refractivity contribution in [3.63, 3.8) is 0 Å². The zero-order chi connectivity index (χ0) is 13.5. The van der Waals surface area contributed by atoms with Gasteiger partial charge in [-0.3, -0.25) is 4.68 Å². The molecule has 0 amide bonds. The molecule has 18 heavy (non-hydrogen) atoms. The summed E-state index contributed by atoms with van der Waals surface area (Å²) in [6.45, 7) is 7.45. The molecule has 0 aliphatic carbocycles. The second kappa shape index (κ2) is 7.23. The molecule has 1 aromatic rings. The average molecular weight is 247 g/mol. The number of hydrogen-bond donors (Lipinski definition) is 1. The lowest BCUT2D eigenvalue weighted by Gasteiger charge is -2.17. The zero-order valence-electron chi connectivity index (χ0n) is 12.1. The van der Waals surface area contributed by atoms with Gasteiger partial charge in [-0.1, -0.05) is 6.92 Å². The van der Waals surface area contributed by atoms with E-state index in [9.17, 15) is 0 Å². The van der Waals surface area contributed by atoms with Gasteiger partial charge in [0.1, 0.15) is 0 Å². The third-order valence-corrected chi connectivity index (χ3v) is 3.43. The first-order valence-corrected chi connectivity index (χ1v) is 6.76. The highest BCUT2D eigenvalue weighted by atomic mass is 15.3. The summed E-state index contributed by atoms with van der Waals surface area (Å²) in [7, 11) is 2.00. The second-order valence-corrected chi connectivity index (χ2v) is 4.87. The van der Waals surface area contributed by atoms with E-state index in [0.717, 1.165) is 37.9 Å². The van der Waals surface area contributed by atoms with Gasteiger partial charge in [0, 0.05) is 25.2 Å². The highest BCUT2D eigenvalue weighted by Gasteiger charge is 2.15. The molecule has 3 nitrogen and oxygen atoms in total. The molecule has 1 N–H and O–H groups in total. The van der Waals surface area contributed by atoms with E-state index >= 15 is 0 Å². The van der Waals surface area contributed by atoms with E-state index < -0.39 is 0 Å². The predicted molar refractivity (Wildman–Crippen MR) is 76.5 cm³/mol. The van der Waals surface area contributed by atoms with Crippen LogP contribution in [0.3, 0.4) is 0 Å². The molecule has 0 aliphatic rings. The number of aromatic nitrogens is 2. The summed E-state index contributed by atoms with van der Waals surface area (Å²) in [6.07, 6.45) is 9.41. The average Bonchev–Trinajstić information content (AvgIpc) is 2.58. The fourth-order valence-corrected chi connectivity index (χ4v) is 2.24. The first kappa shape index (κ1) is 14.8. The van der Waals surface area contributed by atoms with Crippen molar-refractivity contribution in [3.8, 4) is 12.3 Å². The molecule has 100 valence electrons. The monoisotopic (exact) mass is 247 g/mol. The van der Waals surface area contributed by atoms with Gasteiger partial charge in [-0.2, -0.15) is 5.10 Å². The van der Waals surface area contributed by atoms with Crippen molar-refractivity contribution in [2.75, 3.05) is 6.54 Å². The first-order chi connectivity index (χ1) is 8.60. The van der Waals surface area contributed by atoms with Crippen molar-refractivity contribution in [2.45, 2.75) is 52.5 Å². The minimum Gasteiger partial charge on any atom is -0.314 e. The van der Waals surface area contributed by atoms with Crippen molar-refractivity contribution >= 4 is 0 Å². The normalized spacial score (nSPS) is 12.4. The summed E-state index contributed by atoms with van der Waals surface area (Å²) < 4.78 is 1.96. The summed E-state index contributed by atoms with van der Waals surface area (Å²) >= 11 is 0. The fraction of sp³-hybridized carbons (Fsp3) is 0.667.